The van der Waals surface area contributed by atoms with E-state index in [2.05, 4.69) is 8.92 Å². The Morgan fingerprint density at radius 1 is 1.38 bits per heavy atom. The molecule has 6 heteroatoms. The molecule has 0 heterocycles. The highest BCUT2D eigenvalue weighted by atomic mass is 32.2. The first-order valence-corrected chi connectivity index (χ1v) is 5.47. The number of carbonyl (C=O) groups is 1. The van der Waals surface area contributed by atoms with Gasteiger partial charge >= 0.3 is 5.97 Å². The van der Waals surface area contributed by atoms with Crippen LogP contribution in [0.5, 0.6) is 0 Å². The molecule has 1 radical (unpaired) electrons. The molecular weight excluding hydrogens is 196 g/mol. The van der Waals surface area contributed by atoms with Crippen molar-refractivity contribution in [1.29, 1.82) is 0 Å². The Morgan fingerprint density at radius 3 is 2.46 bits per heavy atom. The predicted octanol–water partition coefficient (Wildman–Crippen LogP) is 0.468. The Hall–Kier alpha value is -0.620. The lowest BCUT2D eigenvalue weighted by atomic mass is 10.5. The van der Waals surface area contributed by atoms with Gasteiger partial charge in [0.15, 0.2) is 6.61 Å². The summed E-state index contributed by atoms with van der Waals surface area (Å²) in [4.78, 5) is 10.5. The van der Waals surface area contributed by atoms with Crippen LogP contribution in [0.3, 0.4) is 0 Å². The molecule has 0 amide bonds. The normalized spacial score (nSPS) is 11.2. The predicted molar refractivity (Wildman–Crippen MR) is 46.1 cm³/mol. The van der Waals surface area contributed by atoms with Gasteiger partial charge in [-0.05, 0) is 6.92 Å². The highest BCUT2D eigenvalue weighted by Gasteiger charge is 2.07. The summed E-state index contributed by atoms with van der Waals surface area (Å²) in [5.41, 5.74) is 0. The van der Waals surface area contributed by atoms with Gasteiger partial charge in [0.25, 0.3) is 10.1 Å². The van der Waals surface area contributed by atoms with E-state index in [0.717, 1.165) is 6.61 Å². The minimum Gasteiger partial charge on any atom is -0.456 e. The molecule has 0 fully saturated rings. The summed E-state index contributed by atoms with van der Waals surface area (Å²) in [6.45, 7) is 3.90. The van der Waals surface area contributed by atoms with Crippen LogP contribution in [0.1, 0.15) is 20.3 Å². The fourth-order valence-corrected chi connectivity index (χ4v) is 0.855. The van der Waals surface area contributed by atoms with E-state index in [4.69, 9.17) is 0 Å². The van der Waals surface area contributed by atoms with Gasteiger partial charge in [0.2, 0.25) is 0 Å². The molecule has 0 aliphatic rings. The van der Waals surface area contributed by atoms with E-state index in [9.17, 15) is 13.2 Å². The molecule has 0 bridgehead atoms. The molecule has 13 heavy (non-hydrogen) atoms. The lowest BCUT2D eigenvalue weighted by Gasteiger charge is -2.02. The van der Waals surface area contributed by atoms with Crippen molar-refractivity contribution in [2.24, 2.45) is 0 Å². The molecular formula is C7H13O5S. The summed E-state index contributed by atoms with van der Waals surface area (Å²) in [7, 11) is -3.45. The van der Waals surface area contributed by atoms with Gasteiger partial charge in [-0.1, -0.05) is 6.92 Å². The van der Waals surface area contributed by atoms with Crippen LogP contribution < -0.4 is 0 Å². The Bertz CT molecular complexity index is 244. The second-order valence-corrected chi connectivity index (χ2v) is 4.07. The van der Waals surface area contributed by atoms with Crippen molar-refractivity contribution in [3.05, 3.63) is 6.61 Å². The van der Waals surface area contributed by atoms with E-state index in [1.54, 1.807) is 6.92 Å². The van der Waals surface area contributed by atoms with E-state index < -0.39 is 16.1 Å². The highest BCUT2D eigenvalue weighted by molar-refractivity contribution is 7.86. The molecule has 0 aromatic carbocycles. The second kappa shape index (κ2) is 5.93. The number of rotatable bonds is 6. The van der Waals surface area contributed by atoms with Crippen LogP contribution in [0.25, 0.3) is 0 Å². The van der Waals surface area contributed by atoms with Gasteiger partial charge in [-0.2, -0.15) is 8.42 Å². The van der Waals surface area contributed by atoms with Crippen molar-refractivity contribution in [3.63, 3.8) is 0 Å². The van der Waals surface area contributed by atoms with E-state index in [1.807, 2.05) is 0 Å². The summed E-state index contributed by atoms with van der Waals surface area (Å²) in [6, 6.07) is 0. The third kappa shape index (κ3) is 6.53. The zero-order chi connectivity index (χ0) is 10.3. The lowest BCUT2D eigenvalue weighted by molar-refractivity contribution is -0.140. The van der Waals surface area contributed by atoms with E-state index in [1.165, 1.54) is 6.92 Å². The lowest BCUT2D eigenvalue weighted by Crippen LogP contribution is -2.11. The summed E-state index contributed by atoms with van der Waals surface area (Å²) in [6.07, 6.45) is 0.247. The van der Waals surface area contributed by atoms with Crippen LogP contribution in [-0.4, -0.2) is 26.7 Å². The van der Waals surface area contributed by atoms with Gasteiger partial charge in [-0.15, -0.1) is 0 Å². The standard InChI is InChI=1S/C7H13O5S/c1-3-7(8)11-5-6-12-13(9,10)4-2/h5H,3-4,6H2,1-2H3. The van der Waals surface area contributed by atoms with Gasteiger partial charge in [0, 0.05) is 6.42 Å². The van der Waals surface area contributed by atoms with Crippen LogP contribution in [0.2, 0.25) is 0 Å². The molecule has 0 aliphatic heterocycles. The summed E-state index contributed by atoms with van der Waals surface area (Å²) in [5.74, 6) is -0.514. The number of hydrogen-bond donors (Lipinski definition) is 0. The molecule has 0 unspecified atom stereocenters. The largest absolute Gasteiger partial charge is 0.456 e. The van der Waals surface area contributed by atoms with Crippen LogP contribution in [0.15, 0.2) is 0 Å². The third-order valence-electron chi connectivity index (χ3n) is 1.17. The summed E-state index contributed by atoms with van der Waals surface area (Å²) >= 11 is 0. The zero-order valence-corrected chi connectivity index (χ0v) is 8.46. The summed E-state index contributed by atoms with van der Waals surface area (Å²) < 4.78 is 30.4. The van der Waals surface area contributed by atoms with Gasteiger partial charge in [0.1, 0.15) is 6.61 Å². The Labute approximate surface area is 78.2 Å². The molecule has 0 N–H and O–H groups in total. The van der Waals surface area contributed by atoms with Crippen molar-refractivity contribution in [2.75, 3.05) is 12.4 Å². The quantitative estimate of drug-likeness (QED) is 0.361. The fourth-order valence-electron chi connectivity index (χ4n) is 0.425. The van der Waals surface area contributed by atoms with Gasteiger partial charge in [-0.3, -0.25) is 8.98 Å². The maximum atomic E-state index is 10.7. The summed E-state index contributed by atoms with van der Waals surface area (Å²) in [5, 5.41) is 0. The molecule has 0 rings (SSSR count). The first-order chi connectivity index (χ1) is 6.02. The van der Waals surface area contributed by atoms with Crippen LogP contribution in [0.4, 0.5) is 0 Å². The van der Waals surface area contributed by atoms with Crippen LogP contribution in [0, 0.1) is 6.61 Å². The smallest absolute Gasteiger partial charge is 0.305 e. The average molecular weight is 209 g/mol. The average Bonchev–Trinajstić information content (AvgIpc) is 2.12. The highest BCUT2D eigenvalue weighted by Crippen LogP contribution is 1.95. The minimum absolute atomic E-state index is 0.0947. The van der Waals surface area contributed by atoms with Crippen molar-refractivity contribution >= 4 is 16.1 Å². The zero-order valence-electron chi connectivity index (χ0n) is 7.65. The van der Waals surface area contributed by atoms with Gasteiger partial charge in [0.05, 0.1) is 5.75 Å². The molecule has 0 aliphatic carbocycles. The maximum absolute atomic E-state index is 10.7. The molecule has 0 spiro atoms. The molecule has 0 saturated carbocycles. The van der Waals surface area contributed by atoms with E-state index >= 15 is 0 Å². The van der Waals surface area contributed by atoms with Gasteiger partial charge in [-0.25, -0.2) is 0 Å². The third-order valence-corrected chi connectivity index (χ3v) is 2.37. The van der Waals surface area contributed by atoms with E-state index in [0.29, 0.717) is 0 Å². The Morgan fingerprint density at radius 2 is 2.00 bits per heavy atom. The Balaban J connectivity index is 3.52. The first-order valence-electron chi connectivity index (χ1n) is 3.90. The molecule has 5 nitrogen and oxygen atoms in total. The number of ether oxygens (including phenoxy) is 1. The topological polar surface area (TPSA) is 69.7 Å². The van der Waals surface area contributed by atoms with Gasteiger partial charge < -0.3 is 4.74 Å². The van der Waals surface area contributed by atoms with Crippen molar-refractivity contribution in [2.45, 2.75) is 20.3 Å². The SMILES string of the molecule is CCC(=O)O[CH]COS(=O)(=O)CC. The number of carbonyl (C=O) groups excluding carboxylic acids is 1. The number of hydrogen-bond acceptors (Lipinski definition) is 5. The fraction of sp³-hybridized carbons (Fsp3) is 0.714. The van der Waals surface area contributed by atoms with Crippen LogP contribution in [-0.2, 0) is 23.8 Å². The van der Waals surface area contributed by atoms with E-state index in [-0.39, 0.29) is 18.8 Å². The molecule has 0 aromatic rings. The number of esters is 1. The van der Waals surface area contributed by atoms with Crippen molar-refractivity contribution < 1.29 is 22.1 Å². The maximum Gasteiger partial charge on any atom is 0.305 e. The molecule has 77 valence electrons. The second-order valence-electron chi connectivity index (χ2n) is 2.14. The molecule has 0 aromatic heterocycles. The minimum atomic E-state index is -3.45. The van der Waals surface area contributed by atoms with Crippen molar-refractivity contribution in [3.8, 4) is 0 Å². The molecule has 0 atom stereocenters. The monoisotopic (exact) mass is 209 g/mol. The Kier molecular flexibility index (Phi) is 5.65. The van der Waals surface area contributed by atoms with Crippen LogP contribution >= 0.6 is 0 Å². The molecule has 0 saturated heterocycles. The first kappa shape index (κ1) is 12.4. The van der Waals surface area contributed by atoms with Crippen molar-refractivity contribution in [1.82, 2.24) is 0 Å².